The van der Waals surface area contributed by atoms with Gasteiger partial charge in [0, 0.05) is 17.8 Å². The number of anilines is 1. The summed E-state index contributed by atoms with van der Waals surface area (Å²) in [5, 5.41) is 3.51. The molecule has 0 radical (unpaired) electrons. The third kappa shape index (κ3) is 3.05. The topological polar surface area (TPSA) is 30.5 Å². The van der Waals surface area contributed by atoms with Gasteiger partial charge in [0.15, 0.2) is 11.5 Å². The maximum atomic E-state index is 5.49. The van der Waals surface area contributed by atoms with E-state index in [1.807, 2.05) is 25.1 Å². The van der Waals surface area contributed by atoms with Crippen LogP contribution < -0.4 is 14.8 Å². The highest BCUT2D eigenvalue weighted by Crippen LogP contribution is 2.35. The minimum Gasteiger partial charge on any atom is -0.493 e. The summed E-state index contributed by atoms with van der Waals surface area (Å²) in [5.41, 5.74) is 1.10. The fourth-order valence-corrected chi connectivity index (χ4v) is 2.01. The molecule has 0 aromatic heterocycles. The monoisotopic (exact) mass is 235 g/mol. The quantitative estimate of drug-likeness (QED) is 0.820. The van der Waals surface area contributed by atoms with Gasteiger partial charge < -0.3 is 14.8 Å². The average molecular weight is 235 g/mol. The summed E-state index contributed by atoms with van der Waals surface area (Å²) in [6, 6.07) is 6.55. The van der Waals surface area contributed by atoms with Crippen LogP contribution in [0.1, 0.15) is 26.7 Å². The van der Waals surface area contributed by atoms with Crippen molar-refractivity contribution in [1.82, 2.24) is 0 Å². The molecule has 0 bridgehead atoms. The first-order valence-corrected chi connectivity index (χ1v) is 6.32. The summed E-state index contributed by atoms with van der Waals surface area (Å²) >= 11 is 0. The first-order valence-electron chi connectivity index (χ1n) is 6.32. The van der Waals surface area contributed by atoms with Gasteiger partial charge in [-0.2, -0.15) is 0 Å². The van der Waals surface area contributed by atoms with Gasteiger partial charge in [-0.15, -0.1) is 0 Å². The predicted octanol–water partition coefficient (Wildman–Crippen LogP) is 3.30. The lowest BCUT2D eigenvalue weighted by Crippen LogP contribution is -2.17. The van der Waals surface area contributed by atoms with E-state index < -0.39 is 0 Å². The van der Waals surface area contributed by atoms with E-state index in [2.05, 4.69) is 12.2 Å². The lowest BCUT2D eigenvalue weighted by molar-refractivity contribution is 0.311. The molecule has 94 valence electrons. The van der Waals surface area contributed by atoms with Gasteiger partial charge in [-0.3, -0.25) is 0 Å². The van der Waals surface area contributed by atoms with Crippen LogP contribution in [0.3, 0.4) is 0 Å². The van der Waals surface area contributed by atoms with Gasteiger partial charge in [0.25, 0.3) is 0 Å². The zero-order valence-corrected chi connectivity index (χ0v) is 10.8. The Labute approximate surface area is 103 Å². The first-order chi connectivity index (χ1) is 8.24. The third-order valence-corrected chi connectivity index (χ3v) is 3.19. The van der Waals surface area contributed by atoms with Crippen LogP contribution in [0, 0.1) is 5.92 Å². The van der Waals surface area contributed by atoms with Crippen LogP contribution >= 0.6 is 0 Å². The van der Waals surface area contributed by atoms with E-state index in [1.54, 1.807) is 7.11 Å². The Morgan fingerprint density at radius 1 is 1.35 bits per heavy atom. The number of rotatable bonds is 6. The third-order valence-electron chi connectivity index (χ3n) is 3.19. The lowest BCUT2D eigenvalue weighted by atomic mass is 10.2. The molecular formula is C14H21NO2. The molecule has 2 rings (SSSR count). The SMILES string of the molecule is CCOc1ccc(NC(C)C2CC2)cc1OC. The number of hydrogen-bond donors (Lipinski definition) is 1. The molecule has 1 N–H and O–H groups in total. The molecule has 1 saturated carbocycles. The molecule has 0 aliphatic heterocycles. The minimum absolute atomic E-state index is 0.539. The van der Waals surface area contributed by atoms with E-state index >= 15 is 0 Å². The summed E-state index contributed by atoms with van der Waals surface area (Å²) in [5.74, 6) is 2.44. The van der Waals surface area contributed by atoms with Gasteiger partial charge in [-0.25, -0.2) is 0 Å². The van der Waals surface area contributed by atoms with Crippen molar-refractivity contribution in [2.75, 3.05) is 19.0 Å². The van der Waals surface area contributed by atoms with Crippen LogP contribution in [-0.4, -0.2) is 19.8 Å². The molecule has 1 fully saturated rings. The highest BCUT2D eigenvalue weighted by molar-refractivity contribution is 5.55. The Bertz CT molecular complexity index is 374. The molecule has 0 spiro atoms. The summed E-state index contributed by atoms with van der Waals surface area (Å²) in [6.07, 6.45) is 2.70. The summed E-state index contributed by atoms with van der Waals surface area (Å²) in [4.78, 5) is 0. The second-order valence-electron chi connectivity index (χ2n) is 4.57. The maximum absolute atomic E-state index is 5.49. The van der Waals surface area contributed by atoms with Crippen molar-refractivity contribution in [1.29, 1.82) is 0 Å². The van der Waals surface area contributed by atoms with Gasteiger partial charge in [0.05, 0.1) is 13.7 Å². The highest BCUT2D eigenvalue weighted by atomic mass is 16.5. The largest absolute Gasteiger partial charge is 0.493 e. The van der Waals surface area contributed by atoms with E-state index in [0.29, 0.717) is 12.6 Å². The van der Waals surface area contributed by atoms with E-state index in [0.717, 1.165) is 23.1 Å². The summed E-state index contributed by atoms with van der Waals surface area (Å²) in [7, 11) is 1.67. The Morgan fingerprint density at radius 2 is 2.12 bits per heavy atom. The zero-order valence-electron chi connectivity index (χ0n) is 10.8. The smallest absolute Gasteiger partial charge is 0.162 e. The van der Waals surface area contributed by atoms with Crippen molar-refractivity contribution in [2.24, 2.45) is 5.92 Å². The van der Waals surface area contributed by atoms with Gasteiger partial charge in [0.2, 0.25) is 0 Å². The fraction of sp³-hybridized carbons (Fsp3) is 0.571. The van der Waals surface area contributed by atoms with Crippen molar-refractivity contribution in [3.8, 4) is 11.5 Å². The molecule has 17 heavy (non-hydrogen) atoms. The molecule has 1 aliphatic rings. The van der Waals surface area contributed by atoms with Crippen LogP contribution in [0.15, 0.2) is 18.2 Å². The van der Waals surface area contributed by atoms with Crippen molar-refractivity contribution in [3.63, 3.8) is 0 Å². The van der Waals surface area contributed by atoms with Crippen molar-refractivity contribution >= 4 is 5.69 Å². The van der Waals surface area contributed by atoms with E-state index in [4.69, 9.17) is 9.47 Å². The lowest BCUT2D eigenvalue weighted by Gasteiger charge is -2.16. The second-order valence-corrected chi connectivity index (χ2v) is 4.57. The van der Waals surface area contributed by atoms with Crippen LogP contribution in [0.5, 0.6) is 11.5 Å². The zero-order chi connectivity index (χ0) is 12.3. The Balaban J connectivity index is 2.07. The van der Waals surface area contributed by atoms with E-state index in [1.165, 1.54) is 12.8 Å². The number of hydrogen-bond acceptors (Lipinski definition) is 3. The predicted molar refractivity (Wildman–Crippen MR) is 70.0 cm³/mol. The second kappa shape index (κ2) is 5.30. The molecule has 0 heterocycles. The van der Waals surface area contributed by atoms with Crippen LogP contribution in [-0.2, 0) is 0 Å². The molecule has 1 aromatic rings. The molecular weight excluding hydrogens is 214 g/mol. The van der Waals surface area contributed by atoms with Crippen LogP contribution in [0.25, 0.3) is 0 Å². The standard InChI is InChI=1S/C14H21NO2/c1-4-17-13-8-7-12(9-14(13)16-3)15-10(2)11-5-6-11/h7-11,15H,4-6H2,1-3H3. The van der Waals surface area contributed by atoms with Crippen molar-refractivity contribution < 1.29 is 9.47 Å². The minimum atomic E-state index is 0.539. The number of nitrogens with one attached hydrogen (secondary N) is 1. The molecule has 1 atom stereocenters. The van der Waals surface area contributed by atoms with Gasteiger partial charge in [0.1, 0.15) is 0 Å². The molecule has 0 amide bonds. The summed E-state index contributed by atoms with van der Waals surface area (Å²) in [6.45, 7) is 4.86. The molecule has 1 aromatic carbocycles. The van der Waals surface area contributed by atoms with Crippen molar-refractivity contribution in [2.45, 2.75) is 32.7 Å². The fourth-order valence-electron chi connectivity index (χ4n) is 2.01. The molecule has 0 saturated heterocycles. The summed E-state index contributed by atoms with van der Waals surface area (Å²) < 4.78 is 10.8. The molecule has 1 aliphatic carbocycles. The van der Waals surface area contributed by atoms with Gasteiger partial charge >= 0.3 is 0 Å². The van der Waals surface area contributed by atoms with Crippen LogP contribution in [0.4, 0.5) is 5.69 Å². The van der Waals surface area contributed by atoms with Gasteiger partial charge in [-0.1, -0.05) is 0 Å². The first kappa shape index (κ1) is 12.1. The molecule has 3 heteroatoms. The van der Waals surface area contributed by atoms with E-state index in [-0.39, 0.29) is 0 Å². The van der Waals surface area contributed by atoms with E-state index in [9.17, 15) is 0 Å². The highest BCUT2D eigenvalue weighted by Gasteiger charge is 2.27. The molecule has 3 nitrogen and oxygen atoms in total. The maximum Gasteiger partial charge on any atom is 0.162 e. The van der Waals surface area contributed by atoms with Crippen molar-refractivity contribution in [3.05, 3.63) is 18.2 Å². The number of benzene rings is 1. The Kier molecular flexibility index (Phi) is 3.77. The Morgan fingerprint density at radius 3 is 2.71 bits per heavy atom. The normalized spacial score (nSPS) is 16.4. The number of methoxy groups -OCH3 is 1. The Hall–Kier alpha value is -1.38. The van der Waals surface area contributed by atoms with Crippen LogP contribution in [0.2, 0.25) is 0 Å². The number of ether oxygens (including phenoxy) is 2. The molecule has 1 unspecified atom stereocenters. The average Bonchev–Trinajstić information content (AvgIpc) is 3.15. The van der Waals surface area contributed by atoms with Gasteiger partial charge in [-0.05, 0) is 44.7 Å².